The van der Waals surface area contributed by atoms with Gasteiger partial charge in [0.2, 0.25) is 7.37 Å². The van der Waals surface area contributed by atoms with Crippen molar-refractivity contribution >= 4 is 12.7 Å². The van der Waals surface area contributed by atoms with Crippen LogP contribution in [0.1, 0.15) is 11.1 Å². The first-order valence-electron chi connectivity index (χ1n) is 5.64. The third kappa shape index (κ3) is 1.95. The molecule has 1 aliphatic rings. The van der Waals surface area contributed by atoms with E-state index in [-0.39, 0.29) is 0 Å². The maximum Gasteiger partial charge on any atom is 0.236 e. The molecule has 0 aliphatic carbocycles. The van der Waals surface area contributed by atoms with Crippen LogP contribution in [0.2, 0.25) is 0 Å². The van der Waals surface area contributed by atoms with Gasteiger partial charge in [0.1, 0.15) is 0 Å². The third-order valence-electron chi connectivity index (χ3n) is 3.08. The quantitative estimate of drug-likeness (QED) is 0.719. The Labute approximate surface area is 101 Å². The molecule has 2 aromatic rings. The molecule has 0 fully saturated rings. The summed E-state index contributed by atoms with van der Waals surface area (Å²) in [6, 6.07) is 17.5. The third-order valence-corrected chi connectivity index (χ3v) is 5.46. The normalized spacial score (nSPS) is 23.1. The second-order valence-corrected chi connectivity index (χ2v) is 6.65. The molecule has 3 rings (SSSR count). The standard InChI is InChI=1S/C14H13O2P/c15-17(14-8-2-1-3-9-14)11-13-7-5-4-6-12(13)10-16-17/h1-9H,10-11H2. The molecule has 3 heteroatoms. The SMILES string of the molecule is O=P1(c2ccccc2)Cc2ccccc2CO1. The highest BCUT2D eigenvalue weighted by molar-refractivity contribution is 7.66. The molecule has 0 aromatic heterocycles. The fraction of sp³-hybridized carbons (Fsp3) is 0.143. The molecule has 0 amide bonds. The van der Waals surface area contributed by atoms with Gasteiger partial charge in [0.25, 0.3) is 0 Å². The van der Waals surface area contributed by atoms with Crippen molar-refractivity contribution in [1.29, 1.82) is 0 Å². The van der Waals surface area contributed by atoms with Gasteiger partial charge in [-0.15, -0.1) is 0 Å². The summed E-state index contributed by atoms with van der Waals surface area (Å²) >= 11 is 0. The lowest BCUT2D eigenvalue weighted by Crippen LogP contribution is -2.14. The molecule has 17 heavy (non-hydrogen) atoms. The van der Waals surface area contributed by atoms with Crippen LogP contribution < -0.4 is 5.30 Å². The predicted molar refractivity (Wildman–Crippen MR) is 68.6 cm³/mol. The van der Waals surface area contributed by atoms with Gasteiger partial charge in [0.15, 0.2) is 0 Å². The van der Waals surface area contributed by atoms with Crippen LogP contribution in [0.15, 0.2) is 54.6 Å². The summed E-state index contributed by atoms with van der Waals surface area (Å²) < 4.78 is 18.4. The molecule has 86 valence electrons. The van der Waals surface area contributed by atoms with E-state index < -0.39 is 7.37 Å². The maximum atomic E-state index is 12.8. The van der Waals surface area contributed by atoms with Gasteiger partial charge in [-0.3, -0.25) is 4.57 Å². The molecular formula is C14H13O2P. The van der Waals surface area contributed by atoms with Crippen molar-refractivity contribution in [3.05, 3.63) is 65.7 Å². The van der Waals surface area contributed by atoms with Crippen molar-refractivity contribution in [2.45, 2.75) is 12.8 Å². The molecule has 0 radical (unpaired) electrons. The van der Waals surface area contributed by atoms with Crippen LogP contribution >= 0.6 is 7.37 Å². The molecule has 1 unspecified atom stereocenters. The summed E-state index contributed by atoms with van der Waals surface area (Å²) in [5.74, 6) is 0. The largest absolute Gasteiger partial charge is 0.320 e. The van der Waals surface area contributed by atoms with E-state index in [1.165, 1.54) is 0 Å². The Morgan fingerprint density at radius 2 is 1.53 bits per heavy atom. The van der Waals surface area contributed by atoms with Crippen molar-refractivity contribution < 1.29 is 9.09 Å². The van der Waals surface area contributed by atoms with E-state index in [9.17, 15) is 4.57 Å². The summed E-state index contributed by atoms with van der Waals surface area (Å²) in [6.45, 7) is 0.447. The molecule has 2 aromatic carbocycles. The minimum atomic E-state index is -2.70. The topological polar surface area (TPSA) is 26.3 Å². The molecule has 0 saturated heterocycles. The Morgan fingerprint density at radius 1 is 0.882 bits per heavy atom. The maximum absolute atomic E-state index is 12.8. The Morgan fingerprint density at radius 3 is 2.29 bits per heavy atom. The van der Waals surface area contributed by atoms with E-state index in [4.69, 9.17) is 4.52 Å². The zero-order valence-corrected chi connectivity index (χ0v) is 10.3. The zero-order chi connectivity index (χ0) is 11.7. The summed E-state index contributed by atoms with van der Waals surface area (Å²) in [4.78, 5) is 0. The van der Waals surface area contributed by atoms with Crippen LogP contribution in [-0.2, 0) is 21.9 Å². The van der Waals surface area contributed by atoms with Crippen LogP contribution in [0, 0.1) is 0 Å². The van der Waals surface area contributed by atoms with Crippen molar-refractivity contribution in [2.75, 3.05) is 0 Å². The monoisotopic (exact) mass is 244 g/mol. The molecule has 1 aliphatic heterocycles. The average molecular weight is 244 g/mol. The summed E-state index contributed by atoms with van der Waals surface area (Å²) in [6.07, 6.45) is 0.507. The minimum absolute atomic E-state index is 0.447. The fourth-order valence-corrected chi connectivity index (χ4v) is 4.27. The van der Waals surface area contributed by atoms with Gasteiger partial charge in [0.05, 0.1) is 12.8 Å². The van der Waals surface area contributed by atoms with Crippen molar-refractivity contribution in [2.24, 2.45) is 0 Å². The van der Waals surface area contributed by atoms with E-state index >= 15 is 0 Å². The van der Waals surface area contributed by atoms with Crippen LogP contribution in [0.25, 0.3) is 0 Å². The van der Waals surface area contributed by atoms with Crippen molar-refractivity contribution in [3.8, 4) is 0 Å². The van der Waals surface area contributed by atoms with E-state index in [0.717, 1.165) is 16.4 Å². The minimum Gasteiger partial charge on any atom is -0.320 e. The van der Waals surface area contributed by atoms with Gasteiger partial charge in [0, 0.05) is 5.30 Å². The van der Waals surface area contributed by atoms with Gasteiger partial charge >= 0.3 is 0 Å². The molecule has 1 heterocycles. The van der Waals surface area contributed by atoms with Crippen LogP contribution in [0.3, 0.4) is 0 Å². The first-order chi connectivity index (χ1) is 8.28. The van der Waals surface area contributed by atoms with Crippen molar-refractivity contribution in [3.63, 3.8) is 0 Å². The lowest BCUT2D eigenvalue weighted by molar-refractivity contribution is 0.299. The van der Waals surface area contributed by atoms with Gasteiger partial charge < -0.3 is 4.52 Å². The predicted octanol–water partition coefficient (Wildman–Crippen LogP) is 3.32. The lowest BCUT2D eigenvalue weighted by atomic mass is 10.1. The second-order valence-electron chi connectivity index (χ2n) is 4.21. The number of fused-ring (bicyclic) bond motifs is 1. The van der Waals surface area contributed by atoms with Gasteiger partial charge in [-0.1, -0.05) is 42.5 Å². The Hall–Kier alpha value is -1.37. The van der Waals surface area contributed by atoms with Crippen LogP contribution in [0.5, 0.6) is 0 Å². The second kappa shape index (κ2) is 4.14. The highest BCUT2D eigenvalue weighted by Crippen LogP contribution is 2.53. The zero-order valence-electron chi connectivity index (χ0n) is 9.37. The molecule has 0 saturated carbocycles. The van der Waals surface area contributed by atoms with E-state index in [1.54, 1.807) is 0 Å². The molecule has 2 nitrogen and oxygen atoms in total. The number of benzene rings is 2. The fourth-order valence-electron chi connectivity index (χ4n) is 2.12. The Bertz CT molecular complexity index is 578. The molecule has 0 bridgehead atoms. The smallest absolute Gasteiger partial charge is 0.236 e. The van der Waals surface area contributed by atoms with Gasteiger partial charge in [-0.05, 0) is 23.3 Å². The average Bonchev–Trinajstić information content (AvgIpc) is 2.40. The summed E-state index contributed by atoms with van der Waals surface area (Å²) in [7, 11) is -2.70. The molecule has 1 atom stereocenters. The van der Waals surface area contributed by atoms with E-state index in [2.05, 4.69) is 0 Å². The van der Waals surface area contributed by atoms with Gasteiger partial charge in [-0.2, -0.15) is 0 Å². The van der Waals surface area contributed by atoms with Gasteiger partial charge in [-0.25, -0.2) is 0 Å². The number of rotatable bonds is 1. The van der Waals surface area contributed by atoms with E-state index in [0.29, 0.717) is 12.8 Å². The number of hydrogen-bond acceptors (Lipinski definition) is 2. The summed E-state index contributed by atoms with van der Waals surface area (Å²) in [5.41, 5.74) is 2.29. The molecule has 0 spiro atoms. The Kier molecular flexibility index (Phi) is 2.62. The van der Waals surface area contributed by atoms with Crippen LogP contribution in [-0.4, -0.2) is 0 Å². The first kappa shape index (κ1) is 10.8. The first-order valence-corrected chi connectivity index (χ1v) is 7.45. The van der Waals surface area contributed by atoms with Crippen molar-refractivity contribution in [1.82, 2.24) is 0 Å². The summed E-state index contributed by atoms with van der Waals surface area (Å²) in [5, 5.41) is 0.814. The lowest BCUT2D eigenvalue weighted by Gasteiger charge is -2.25. The van der Waals surface area contributed by atoms with Crippen LogP contribution in [0.4, 0.5) is 0 Å². The molecule has 0 N–H and O–H groups in total. The highest BCUT2D eigenvalue weighted by Gasteiger charge is 2.31. The number of hydrogen-bond donors (Lipinski definition) is 0. The highest BCUT2D eigenvalue weighted by atomic mass is 31.2. The Balaban J connectivity index is 2.01. The van der Waals surface area contributed by atoms with E-state index in [1.807, 2.05) is 54.6 Å². The molecular weight excluding hydrogens is 231 g/mol.